The first-order valence-electron chi connectivity index (χ1n) is 26.2. The second-order valence-corrected chi connectivity index (χ2v) is 22.1. The van der Waals surface area contributed by atoms with E-state index in [1.54, 1.807) is 22.1 Å². The number of nitrogens with one attached hydrogen (secondary N) is 3. The molecule has 0 saturated carbocycles. The van der Waals surface area contributed by atoms with Crippen LogP contribution in [0.15, 0.2) is 89.8 Å². The molecule has 0 unspecified atom stereocenters. The Balaban J connectivity index is 0.752. The van der Waals surface area contributed by atoms with Crippen molar-refractivity contribution < 1.29 is 29.4 Å². The van der Waals surface area contributed by atoms with Crippen molar-refractivity contribution in [3.8, 4) is 16.3 Å². The summed E-state index contributed by atoms with van der Waals surface area (Å²) in [5, 5.41) is 31.5. The fraction of sp³-hybridized carbons (Fsp3) is 0.446. The second-order valence-electron chi connectivity index (χ2n) is 21.3. The molecule has 6 aromatic rings. The van der Waals surface area contributed by atoms with Crippen molar-refractivity contribution in [2.24, 2.45) is 5.41 Å². The Labute approximate surface area is 446 Å². The van der Waals surface area contributed by atoms with Gasteiger partial charge in [0.1, 0.15) is 23.1 Å². The van der Waals surface area contributed by atoms with E-state index in [0.29, 0.717) is 68.0 Å². The third kappa shape index (κ3) is 11.2. The Morgan fingerprint density at radius 1 is 0.961 bits per heavy atom. The molecule has 0 radical (unpaired) electrons. The van der Waals surface area contributed by atoms with Crippen LogP contribution in [-0.4, -0.2) is 124 Å². The van der Waals surface area contributed by atoms with E-state index in [1.165, 1.54) is 15.8 Å². The molecule has 6 heterocycles. The first kappa shape index (κ1) is 53.5. The van der Waals surface area contributed by atoms with Crippen LogP contribution in [0.2, 0.25) is 0 Å². The van der Waals surface area contributed by atoms with Crippen molar-refractivity contribution in [2.75, 3.05) is 42.9 Å². The van der Waals surface area contributed by atoms with Crippen LogP contribution in [0.4, 0.5) is 17.3 Å². The maximum absolute atomic E-state index is 14.2. The molecule has 3 aliphatic rings. The number of hydrogen-bond acceptors (Lipinski definition) is 14. The third-order valence-corrected chi connectivity index (χ3v) is 15.9. The number of carbonyl (C=O) groups excluding carboxylic acids is 4. The zero-order chi connectivity index (χ0) is 54.1. The Hall–Kier alpha value is -7.29. The van der Waals surface area contributed by atoms with E-state index in [-0.39, 0.29) is 67.6 Å². The summed E-state index contributed by atoms with van der Waals surface area (Å²) in [6, 6.07) is 17.3. The van der Waals surface area contributed by atoms with Gasteiger partial charge in [0.15, 0.2) is 11.5 Å². The number of nitrogens with zero attached hydrogens (tertiary/aromatic N) is 9. The number of aliphatic hydroxyl groups excluding tert-OH is 1. The lowest BCUT2D eigenvalue weighted by Crippen LogP contribution is -2.57. The zero-order valence-corrected chi connectivity index (χ0v) is 44.9. The number of benzene rings is 2. The summed E-state index contributed by atoms with van der Waals surface area (Å²) < 4.78 is 3.17. The largest absolute Gasteiger partial charge is 0.391 e. The lowest BCUT2D eigenvalue weighted by atomic mass is 9.85. The number of aromatic nitrogens is 6. The summed E-state index contributed by atoms with van der Waals surface area (Å²) in [5.74, 6) is -0.495. The molecule has 4 amide bonds. The lowest BCUT2D eigenvalue weighted by molar-refractivity contribution is -0.144. The average molecular weight is 1050 g/mol. The number of rotatable bonds is 17. The van der Waals surface area contributed by atoms with Crippen LogP contribution in [0.25, 0.3) is 27.3 Å². The van der Waals surface area contributed by atoms with E-state index in [0.717, 1.165) is 45.1 Å². The Morgan fingerprint density at radius 3 is 2.37 bits per heavy atom. The maximum atomic E-state index is 14.2. The minimum atomic E-state index is -1.03. The maximum Gasteiger partial charge on any atom is 0.278 e. The summed E-state index contributed by atoms with van der Waals surface area (Å²) in [5.41, 5.74) is 6.36. The molecule has 5 N–H and O–H groups in total. The molecule has 2 saturated heterocycles. The number of allylic oxidation sites excluding steroid dienone is 1. The third-order valence-electron chi connectivity index (χ3n) is 15.0. The molecule has 5 atom stereocenters. The molecule has 1 aliphatic carbocycles. The van der Waals surface area contributed by atoms with Gasteiger partial charge in [-0.1, -0.05) is 64.1 Å². The van der Waals surface area contributed by atoms with Crippen LogP contribution in [0, 0.1) is 12.3 Å². The van der Waals surface area contributed by atoms with Gasteiger partial charge in [0.05, 0.1) is 40.5 Å². The first-order valence-corrected chi connectivity index (χ1v) is 27.0. The van der Waals surface area contributed by atoms with Crippen LogP contribution < -0.4 is 26.4 Å². The SMILES string of the molecule is C=CCn1c(=O)c2cnc(Nc3ccc(N4CCN(C(=O)CCCC(=O)N[C@H](C(=O)N5C[C@@H](O)C[C@@H]5C(=O)N[C@H](C)c5ccc(-c6scnc6C)cc5)C(C)(C)C)CC4)cc3)nc2n1-c1ccc2c(n1)[C@@](O)(CC)CC2. The highest BCUT2D eigenvalue weighted by atomic mass is 32.1. The highest BCUT2D eigenvalue weighted by molar-refractivity contribution is 7.13. The van der Waals surface area contributed by atoms with Crippen molar-refractivity contribution in [3.63, 3.8) is 0 Å². The highest BCUT2D eigenvalue weighted by Crippen LogP contribution is 2.39. The monoisotopic (exact) mass is 1050 g/mol. The number of piperazine rings is 1. The van der Waals surface area contributed by atoms with Crippen LogP contribution in [0.5, 0.6) is 0 Å². The van der Waals surface area contributed by atoms with E-state index >= 15 is 0 Å². The van der Waals surface area contributed by atoms with Gasteiger partial charge in [-0.2, -0.15) is 4.98 Å². The van der Waals surface area contributed by atoms with Crippen LogP contribution >= 0.6 is 11.3 Å². The number of fused-ring (bicyclic) bond motifs is 2. The van der Waals surface area contributed by atoms with Gasteiger partial charge in [0.2, 0.25) is 29.6 Å². The normalized spacial score (nSPS) is 19.3. The Bertz CT molecular complexity index is 3190. The van der Waals surface area contributed by atoms with Gasteiger partial charge >= 0.3 is 0 Å². The number of hydrogen-bond donors (Lipinski definition) is 5. The second kappa shape index (κ2) is 22.1. The topological polar surface area (TPSA) is 233 Å². The summed E-state index contributed by atoms with van der Waals surface area (Å²) in [7, 11) is 0. The van der Waals surface area contributed by atoms with Gasteiger partial charge in [-0.15, -0.1) is 17.9 Å². The van der Waals surface area contributed by atoms with Gasteiger partial charge in [0.25, 0.3) is 5.56 Å². The zero-order valence-electron chi connectivity index (χ0n) is 44.1. The van der Waals surface area contributed by atoms with Crippen LogP contribution in [0.1, 0.15) is 102 Å². The van der Waals surface area contributed by atoms with Crippen molar-refractivity contribution >= 4 is 63.3 Å². The van der Waals surface area contributed by atoms with Crippen molar-refractivity contribution in [1.29, 1.82) is 0 Å². The molecule has 76 heavy (non-hydrogen) atoms. The molecular formula is C56H68N12O7S. The minimum Gasteiger partial charge on any atom is -0.391 e. The number of likely N-dealkylation sites (tertiary alicyclic amines) is 1. The van der Waals surface area contributed by atoms with E-state index in [9.17, 15) is 34.2 Å². The molecule has 2 aliphatic heterocycles. The van der Waals surface area contributed by atoms with Crippen LogP contribution in [-0.2, 0) is 37.7 Å². The molecule has 0 spiro atoms. The number of amides is 4. The molecule has 400 valence electrons. The summed E-state index contributed by atoms with van der Waals surface area (Å²) in [6.07, 6.45) is 4.67. The quantitative estimate of drug-likeness (QED) is 0.0654. The standard InChI is InChI=1S/C56H68N12O7S/c1-8-25-67-52(73)42-31-57-54(63-50(42)68(67)44-22-17-38-23-24-56(75,9-2)48(38)61-44)60-39-18-20-40(21-19-39)64-26-28-65(29-27-64)46(71)12-10-11-45(70)62-49(55(5,6)7)53(74)66-32-41(69)30-43(66)51(72)59-34(3)36-13-15-37(16-14-36)47-35(4)58-33-76-47/h8,13-22,31,33-34,41,43,49,69,75H,1,9-12,23-30,32H2,2-7H3,(H,59,72)(H,62,70)(H,57,60,63)/t34-,41+,43-,49-,56-/m1/s1. The Morgan fingerprint density at radius 2 is 1.70 bits per heavy atom. The van der Waals surface area contributed by atoms with Crippen molar-refractivity contribution in [2.45, 2.75) is 123 Å². The van der Waals surface area contributed by atoms with Crippen molar-refractivity contribution in [3.05, 3.63) is 118 Å². The average Bonchev–Trinajstić information content (AvgIpc) is 4.23. The molecule has 0 bridgehead atoms. The van der Waals surface area contributed by atoms with E-state index in [2.05, 4.69) is 37.4 Å². The van der Waals surface area contributed by atoms with Crippen molar-refractivity contribution in [1.82, 2.24) is 49.7 Å². The van der Waals surface area contributed by atoms with Crippen LogP contribution in [0.3, 0.4) is 0 Å². The number of thiazole rings is 1. The number of aliphatic hydroxyl groups is 2. The van der Waals surface area contributed by atoms with Gasteiger partial charge in [-0.25, -0.2) is 24.3 Å². The Kier molecular flexibility index (Phi) is 15.6. The number of anilines is 3. The van der Waals surface area contributed by atoms with E-state index in [4.69, 9.17) is 9.97 Å². The number of β-amino-alcohol motifs (C(OH)–C–C–N with tert-alkyl or cyclic N) is 1. The van der Waals surface area contributed by atoms with Gasteiger partial charge in [-0.3, -0.25) is 24.0 Å². The van der Waals surface area contributed by atoms with E-state index in [1.807, 2.05) is 113 Å². The smallest absolute Gasteiger partial charge is 0.278 e. The summed E-state index contributed by atoms with van der Waals surface area (Å²) in [4.78, 5) is 93.3. The molecular weight excluding hydrogens is 985 g/mol. The highest BCUT2D eigenvalue weighted by Gasteiger charge is 2.45. The predicted octanol–water partition coefficient (Wildman–Crippen LogP) is 6.07. The minimum absolute atomic E-state index is 0.0324. The molecule has 2 fully saturated rings. The molecule has 19 nitrogen and oxygen atoms in total. The fourth-order valence-corrected chi connectivity index (χ4v) is 11.3. The van der Waals surface area contributed by atoms with Gasteiger partial charge in [-0.05, 0) is 92.0 Å². The predicted molar refractivity (Wildman–Crippen MR) is 292 cm³/mol. The lowest BCUT2D eigenvalue weighted by Gasteiger charge is -2.36. The number of aryl methyl sites for hydroxylation is 2. The molecule has 20 heteroatoms. The summed E-state index contributed by atoms with van der Waals surface area (Å²) in [6.45, 7) is 17.6. The molecule has 9 rings (SSSR count). The molecule has 4 aromatic heterocycles. The van der Waals surface area contributed by atoms with E-state index < -0.39 is 35.1 Å². The van der Waals surface area contributed by atoms with Gasteiger partial charge < -0.3 is 40.9 Å². The number of carbonyl (C=O) groups is 4. The number of pyridine rings is 1. The molecule has 2 aromatic carbocycles. The fourth-order valence-electron chi connectivity index (χ4n) is 10.5. The first-order chi connectivity index (χ1) is 36.3. The van der Waals surface area contributed by atoms with Gasteiger partial charge in [0, 0.05) is 69.6 Å². The summed E-state index contributed by atoms with van der Waals surface area (Å²) >= 11 is 1.57.